The van der Waals surface area contributed by atoms with Crippen LogP contribution in [0.4, 0.5) is 0 Å². The van der Waals surface area contributed by atoms with E-state index in [9.17, 15) is 4.79 Å². The number of ether oxygens (including phenoxy) is 1. The standard InChI is InChI=1S/C33H33NO2/c1-3-32(30-20-13-21-31(22-30)36-25-29-18-11-6-12-19-29)26(2)33(35)34(23-27-14-7-4-8-15-27)24-28-16-9-5-10-17-28/h3-22,26,32H,1,23-25H2,2H3/t26-,32-/m1/s1. The first-order chi connectivity index (χ1) is 17.6. The highest BCUT2D eigenvalue weighted by Gasteiger charge is 2.28. The molecule has 0 saturated heterocycles. The molecule has 36 heavy (non-hydrogen) atoms. The summed E-state index contributed by atoms with van der Waals surface area (Å²) in [5.74, 6) is 0.475. The average Bonchev–Trinajstić information content (AvgIpc) is 2.93. The summed E-state index contributed by atoms with van der Waals surface area (Å²) >= 11 is 0. The van der Waals surface area contributed by atoms with Gasteiger partial charge in [-0.05, 0) is 34.4 Å². The van der Waals surface area contributed by atoms with Crippen molar-refractivity contribution in [2.75, 3.05) is 0 Å². The van der Waals surface area contributed by atoms with E-state index < -0.39 is 0 Å². The van der Waals surface area contributed by atoms with Crippen molar-refractivity contribution in [1.82, 2.24) is 4.90 Å². The smallest absolute Gasteiger partial charge is 0.226 e. The van der Waals surface area contributed by atoms with Gasteiger partial charge in [0.1, 0.15) is 12.4 Å². The summed E-state index contributed by atoms with van der Waals surface area (Å²) in [6, 6.07) is 38.4. The fraction of sp³-hybridized carbons (Fsp3) is 0.182. The van der Waals surface area contributed by atoms with Crippen LogP contribution >= 0.6 is 0 Å². The molecule has 2 atom stereocenters. The summed E-state index contributed by atoms with van der Waals surface area (Å²) in [5.41, 5.74) is 4.36. The number of amides is 1. The Morgan fingerprint density at radius 3 is 1.83 bits per heavy atom. The maximum Gasteiger partial charge on any atom is 0.226 e. The van der Waals surface area contributed by atoms with E-state index in [1.54, 1.807) is 0 Å². The number of rotatable bonds is 11. The quantitative estimate of drug-likeness (QED) is 0.212. The Labute approximate surface area is 214 Å². The number of allylic oxidation sites excluding steroid dienone is 1. The van der Waals surface area contributed by atoms with Crippen LogP contribution in [0.25, 0.3) is 0 Å². The normalized spacial score (nSPS) is 12.4. The molecule has 0 fully saturated rings. The topological polar surface area (TPSA) is 29.5 Å². The van der Waals surface area contributed by atoms with Gasteiger partial charge in [-0.2, -0.15) is 0 Å². The average molecular weight is 476 g/mol. The van der Waals surface area contributed by atoms with E-state index in [1.165, 1.54) is 0 Å². The molecule has 0 aliphatic rings. The van der Waals surface area contributed by atoms with Gasteiger partial charge in [0.05, 0.1) is 0 Å². The zero-order chi connectivity index (χ0) is 25.2. The van der Waals surface area contributed by atoms with Gasteiger partial charge in [0.15, 0.2) is 0 Å². The van der Waals surface area contributed by atoms with Crippen LogP contribution in [0.3, 0.4) is 0 Å². The molecule has 4 aromatic rings. The lowest BCUT2D eigenvalue weighted by Gasteiger charge is -2.29. The van der Waals surface area contributed by atoms with E-state index in [1.807, 2.05) is 109 Å². The summed E-state index contributed by atoms with van der Waals surface area (Å²) in [6.45, 7) is 7.69. The minimum absolute atomic E-state index is 0.100. The van der Waals surface area contributed by atoms with Crippen LogP contribution in [0.1, 0.15) is 35.1 Å². The van der Waals surface area contributed by atoms with E-state index >= 15 is 0 Å². The van der Waals surface area contributed by atoms with Crippen molar-refractivity contribution < 1.29 is 9.53 Å². The second kappa shape index (κ2) is 12.6. The molecule has 3 heteroatoms. The molecule has 4 aromatic carbocycles. The molecule has 0 aromatic heterocycles. The molecule has 0 bridgehead atoms. The van der Waals surface area contributed by atoms with E-state index in [2.05, 4.69) is 30.8 Å². The molecule has 0 unspecified atom stereocenters. The van der Waals surface area contributed by atoms with E-state index in [0.717, 1.165) is 28.0 Å². The Morgan fingerprint density at radius 1 is 0.778 bits per heavy atom. The first-order valence-electron chi connectivity index (χ1n) is 12.4. The number of benzene rings is 4. The maximum absolute atomic E-state index is 13.9. The van der Waals surface area contributed by atoms with Gasteiger partial charge >= 0.3 is 0 Å². The van der Waals surface area contributed by atoms with Crippen LogP contribution in [0.5, 0.6) is 5.75 Å². The Kier molecular flexibility index (Phi) is 8.72. The van der Waals surface area contributed by atoms with Gasteiger partial charge in [-0.15, -0.1) is 6.58 Å². The third-order valence-corrected chi connectivity index (χ3v) is 6.42. The lowest BCUT2D eigenvalue weighted by Crippen LogP contribution is -2.36. The molecule has 1 amide bonds. The molecule has 0 heterocycles. The number of carbonyl (C=O) groups is 1. The summed E-state index contributed by atoms with van der Waals surface area (Å²) in [4.78, 5) is 15.8. The number of nitrogens with zero attached hydrogens (tertiary/aromatic N) is 1. The van der Waals surface area contributed by atoms with Crippen LogP contribution in [0.15, 0.2) is 128 Å². The van der Waals surface area contributed by atoms with Gasteiger partial charge in [0, 0.05) is 24.9 Å². The summed E-state index contributed by atoms with van der Waals surface area (Å²) in [6.07, 6.45) is 1.88. The van der Waals surface area contributed by atoms with Gasteiger partial charge in [-0.1, -0.05) is 116 Å². The zero-order valence-electron chi connectivity index (χ0n) is 20.8. The molecule has 0 N–H and O–H groups in total. The Bertz CT molecular complexity index is 1200. The van der Waals surface area contributed by atoms with Gasteiger partial charge in [0.25, 0.3) is 0 Å². The van der Waals surface area contributed by atoms with Crippen LogP contribution in [0.2, 0.25) is 0 Å². The van der Waals surface area contributed by atoms with Crippen molar-refractivity contribution in [2.24, 2.45) is 5.92 Å². The predicted octanol–water partition coefficient (Wildman–Crippen LogP) is 7.40. The number of carbonyl (C=O) groups excluding carboxylic acids is 1. The van der Waals surface area contributed by atoms with Crippen molar-refractivity contribution in [3.8, 4) is 5.75 Å². The Hall–Kier alpha value is -4.11. The Balaban J connectivity index is 1.52. The van der Waals surface area contributed by atoms with Gasteiger partial charge in [-0.25, -0.2) is 0 Å². The first-order valence-corrected chi connectivity index (χ1v) is 12.4. The third-order valence-electron chi connectivity index (χ3n) is 6.42. The molecule has 4 rings (SSSR count). The molecule has 3 nitrogen and oxygen atoms in total. The summed E-state index contributed by atoms with van der Waals surface area (Å²) < 4.78 is 6.04. The summed E-state index contributed by atoms with van der Waals surface area (Å²) in [7, 11) is 0. The fourth-order valence-corrected chi connectivity index (χ4v) is 4.44. The van der Waals surface area contributed by atoms with E-state index in [0.29, 0.717) is 19.7 Å². The maximum atomic E-state index is 13.9. The number of hydrogen-bond donors (Lipinski definition) is 0. The highest BCUT2D eigenvalue weighted by Crippen LogP contribution is 2.31. The van der Waals surface area contributed by atoms with Crippen LogP contribution in [0, 0.1) is 5.92 Å². The fourth-order valence-electron chi connectivity index (χ4n) is 4.44. The van der Waals surface area contributed by atoms with Crippen molar-refractivity contribution in [3.63, 3.8) is 0 Å². The second-order valence-corrected chi connectivity index (χ2v) is 9.06. The van der Waals surface area contributed by atoms with Crippen LogP contribution in [-0.2, 0) is 24.5 Å². The second-order valence-electron chi connectivity index (χ2n) is 9.06. The van der Waals surface area contributed by atoms with E-state index in [4.69, 9.17) is 4.74 Å². The molecule has 0 aliphatic heterocycles. The molecule has 0 aliphatic carbocycles. The molecule has 0 spiro atoms. The van der Waals surface area contributed by atoms with Crippen LogP contribution in [-0.4, -0.2) is 10.8 Å². The SMILES string of the molecule is C=C[C@@H](c1cccc(OCc2ccccc2)c1)[C@@H](C)C(=O)N(Cc1ccccc1)Cc1ccccc1. The van der Waals surface area contributed by atoms with Gasteiger partial charge in [0.2, 0.25) is 5.91 Å². The number of hydrogen-bond acceptors (Lipinski definition) is 2. The van der Waals surface area contributed by atoms with Crippen molar-refractivity contribution in [2.45, 2.75) is 32.5 Å². The predicted molar refractivity (Wildman–Crippen MR) is 146 cm³/mol. The van der Waals surface area contributed by atoms with Crippen molar-refractivity contribution in [3.05, 3.63) is 150 Å². The lowest BCUT2D eigenvalue weighted by atomic mass is 9.86. The van der Waals surface area contributed by atoms with Gasteiger partial charge in [-0.3, -0.25) is 4.79 Å². The molecule has 182 valence electrons. The molecular weight excluding hydrogens is 442 g/mol. The van der Waals surface area contributed by atoms with Crippen molar-refractivity contribution in [1.29, 1.82) is 0 Å². The van der Waals surface area contributed by atoms with E-state index in [-0.39, 0.29) is 17.7 Å². The minimum atomic E-state index is -0.278. The minimum Gasteiger partial charge on any atom is -0.489 e. The Morgan fingerprint density at radius 2 is 1.31 bits per heavy atom. The molecular formula is C33H33NO2. The third kappa shape index (κ3) is 6.73. The monoisotopic (exact) mass is 475 g/mol. The lowest BCUT2D eigenvalue weighted by molar-refractivity contribution is -0.136. The zero-order valence-corrected chi connectivity index (χ0v) is 20.8. The summed E-state index contributed by atoms with van der Waals surface area (Å²) in [5, 5.41) is 0. The van der Waals surface area contributed by atoms with Crippen molar-refractivity contribution >= 4 is 5.91 Å². The van der Waals surface area contributed by atoms with Gasteiger partial charge < -0.3 is 9.64 Å². The highest BCUT2D eigenvalue weighted by molar-refractivity contribution is 5.80. The highest BCUT2D eigenvalue weighted by atomic mass is 16.5. The van der Waals surface area contributed by atoms with Crippen LogP contribution < -0.4 is 4.74 Å². The largest absolute Gasteiger partial charge is 0.489 e. The molecule has 0 radical (unpaired) electrons. The molecule has 0 saturated carbocycles. The first kappa shape index (κ1) is 25.0.